The number of aliphatic imine (C=N–C) groups is 1. The molecule has 2 rings (SSSR count). The summed E-state index contributed by atoms with van der Waals surface area (Å²) < 4.78 is 6.21. The number of rotatable bonds is 2. The lowest BCUT2D eigenvalue weighted by molar-refractivity contribution is 0.412. The fourth-order valence-electron chi connectivity index (χ4n) is 1.51. The lowest BCUT2D eigenvalue weighted by Crippen LogP contribution is -2.15. The van der Waals surface area contributed by atoms with Gasteiger partial charge in [0.05, 0.1) is 17.1 Å². The molecule has 1 aliphatic rings. The van der Waals surface area contributed by atoms with Crippen LogP contribution in [0, 0.1) is 0 Å². The van der Waals surface area contributed by atoms with Crippen LogP contribution >= 0.6 is 27.7 Å². The number of nitrogens with zero attached hydrogens (tertiary/aromatic N) is 1. The fraction of sp³-hybridized carbons (Fsp3) is 0.417. The summed E-state index contributed by atoms with van der Waals surface area (Å²) in [5, 5.41) is 4.28. The Kier molecular flexibility index (Phi) is 3.68. The highest BCUT2D eigenvalue weighted by Gasteiger charge is 2.25. The van der Waals surface area contributed by atoms with Crippen LogP contribution in [0.2, 0.25) is 0 Å². The summed E-state index contributed by atoms with van der Waals surface area (Å²) in [5.41, 5.74) is 1.03. The van der Waals surface area contributed by atoms with Gasteiger partial charge in [-0.05, 0) is 41.9 Å². The molecule has 0 bridgehead atoms. The quantitative estimate of drug-likeness (QED) is 0.902. The third-order valence-electron chi connectivity index (χ3n) is 2.37. The van der Waals surface area contributed by atoms with Crippen LogP contribution in [0.15, 0.2) is 27.7 Å². The molecule has 5 heteroatoms. The minimum atomic E-state index is 0.0342. The van der Waals surface area contributed by atoms with E-state index in [9.17, 15) is 0 Å². The smallest absolute Gasteiger partial charge is 0.161 e. The number of benzene rings is 1. The second-order valence-corrected chi connectivity index (χ2v) is 6.31. The molecule has 0 aromatic heterocycles. The van der Waals surface area contributed by atoms with Crippen molar-refractivity contribution in [3.8, 4) is 5.75 Å². The van der Waals surface area contributed by atoms with E-state index < -0.39 is 0 Å². The van der Waals surface area contributed by atoms with Crippen LogP contribution < -0.4 is 10.1 Å². The van der Waals surface area contributed by atoms with Gasteiger partial charge in [-0.25, -0.2) is 0 Å². The second kappa shape index (κ2) is 4.90. The van der Waals surface area contributed by atoms with E-state index in [1.54, 1.807) is 18.9 Å². The molecule has 1 heterocycles. The van der Waals surface area contributed by atoms with E-state index in [4.69, 9.17) is 4.74 Å². The topological polar surface area (TPSA) is 33.6 Å². The first-order chi connectivity index (χ1) is 8.00. The van der Waals surface area contributed by atoms with Crippen LogP contribution in [0.25, 0.3) is 0 Å². The van der Waals surface area contributed by atoms with E-state index in [0.29, 0.717) is 0 Å². The van der Waals surface area contributed by atoms with Crippen molar-refractivity contribution < 1.29 is 4.74 Å². The first-order valence-corrected chi connectivity index (χ1v) is 7.11. The number of methoxy groups -OCH3 is 1. The normalized spacial score (nSPS) is 17.8. The highest BCUT2D eigenvalue weighted by Crippen LogP contribution is 2.31. The van der Waals surface area contributed by atoms with Crippen LogP contribution in [0.1, 0.15) is 13.8 Å². The van der Waals surface area contributed by atoms with Gasteiger partial charge >= 0.3 is 0 Å². The number of hydrogen-bond donors (Lipinski definition) is 1. The first-order valence-electron chi connectivity index (χ1n) is 5.33. The highest BCUT2D eigenvalue weighted by molar-refractivity contribution is 9.10. The Morgan fingerprint density at radius 2 is 2.24 bits per heavy atom. The molecule has 0 atom stereocenters. The zero-order chi connectivity index (χ0) is 12.5. The molecule has 0 fully saturated rings. The Balaban J connectivity index is 2.15. The molecule has 92 valence electrons. The monoisotopic (exact) mass is 314 g/mol. The van der Waals surface area contributed by atoms with E-state index in [2.05, 4.69) is 40.1 Å². The molecule has 0 saturated carbocycles. The van der Waals surface area contributed by atoms with E-state index in [1.807, 2.05) is 18.2 Å². The zero-order valence-corrected chi connectivity index (χ0v) is 12.5. The van der Waals surface area contributed by atoms with Gasteiger partial charge in [0, 0.05) is 17.5 Å². The van der Waals surface area contributed by atoms with Crippen LogP contribution in [0.5, 0.6) is 5.75 Å². The highest BCUT2D eigenvalue weighted by atomic mass is 79.9. The maximum absolute atomic E-state index is 5.26. The number of ether oxygens (including phenoxy) is 1. The number of halogens is 1. The van der Waals surface area contributed by atoms with Crippen molar-refractivity contribution in [2.75, 3.05) is 18.2 Å². The summed E-state index contributed by atoms with van der Waals surface area (Å²) in [4.78, 5) is 4.61. The van der Waals surface area contributed by atoms with Crippen LogP contribution in [0.4, 0.5) is 5.69 Å². The lowest BCUT2D eigenvalue weighted by Gasteiger charge is -2.10. The number of hydrogen-bond acceptors (Lipinski definition) is 4. The van der Waals surface area contributed by atoms with Crippen LogP contribution in [-0.4, -0.2) is 23.6 Å². The Bertz CT molecular complexity index is 460. The third kappa shape index (κ3) is 3.16. The van der Waals surface area contributed by atoms with Gasteiger partial charge in [-0.15, -0.1) is 0 Å². The van der Waals surface area contributed by atoms with Gasteiger partial charge in [-0.3, -0.25) is 4.99 Å². The van der Waals surface area contributed by atoms with Gasteiger partial charge in [0.2, 0.25) is 0 Å². The maximum atomic E-state index is 5.26. The van der Waals surface area contributed by atoms with Crippen molar-refractivity contribution in [1.29, 1.82) is 0 Å². The Morgan fingerprint density at radius 3 is 2.82 bits per heavy atom. The Hall–Kier alpha value is -0.680. The van der Waals surface area contributed by atoms with E-state index in [1.165, 1.54) is 0 Å². The summed E-state index contributed by atoms with van der Waals surface area (Å²) in [6.45, 7) is 4.27. The first kappa shape index (κ1) is 12.8. The standard InChI is InChI=1S/C12H15BrN2OS/c1-12(2)7-17-11(15-12)14-8-4-5-9(13)10(6-8)16-3/h4-6H,7H2,1-3H3,(H,14,15). The summed E-state index contributed by atoms with van der Waals surface area (Å²) in [7, 11) is 1.66. The molecule has 17 heavy (non-hydrogen) atoms. The fourth-order valence-corrected chi connectivity index (χ4v) is 2.97. The second-order valence-electron chi connectivity index (χ2n) is 4.49. The Labute approximate surface area is 114 Å². The van der Waals surface area contributed by atoms with Crippen molar-refractivity contribution in [3.05, 3.63) is 22.7 Å². The van der Waals surface area contributed by atoms with Crippen molar-refractivity contribution in [3.63, 3.8) is 0 Å². The number of thioether (sulfide) groups is 1. The van der Waals surface area contributed by atoms with Crippen molar-refractivity contribution in [2.24, 2.45) is 4.99 Å². The predicted molar refractivity (Wildman–Crippen MR) is 78.3 cm³/mol. The van der Waals surface area contributed by atoms with Gasteiger partial charge < -0.3 is 10.1 Å². The Morgan fingerprint density at radius 1 is 1.47 bits per heavy atom. The van der Waals surface area contributed by atoms with Crippen molar-refractivity contribution in [1.82, 2.24) is 0 Å². The maximum Gasteiger partial charge on any atom is 0.161 e. The summed E-state index contributed by atoms with van der Waals surface area (Å²) in [5.74, 6) is 1.83. The molecule has 1 aromatic carbocycles. The predicted octanol–water partition coefficient (Wildman–Crippen LogP) is 3.75. The lowest BCUT2D eigenvalue weighted by atomic mass is 10.1. The molecular formula is C12H15BrN2OS. The number of amidine groups is 1. The third-order valence-corrected chi connectivity index (χ3v) is 4.34. The largest absolute Gasteiger partial charge is 0.495 e. The van der Waals surface area contributed by atoms with E-state index in [0.717, 1.165) is 26.8 Å². The average molecular weight is 315 g/mol. The minimum absolute atomic E-state index is 0.0342. The van der Waals surface area contributed by atoms with Gasteiger partial charge in [0.15, 0.2) is 5.17 Å². The summed E-state index contributed by atoms with van der Waals surface area (Å²) >= 11 is 5.18. The molecule has 0 aliphatic carbocycles. The molecule has 1 N–H and O–H groups in total. The van der Waals surface area contributed by atoms with Gasteiger partial charge in [0.1, 0.15) is 5.75 Å². The molecule has 3 nitrogen and oxygen atoms in total. The molecule has 0 spiro atoms. The SMILES string of the molecule is COc1cc(NC2=NC(C)(C)CS2)ccc1Br. The van der Waals surface area contributed by atoms with Gasteiger partial charge in [-0.1, -0.05) is 11.8 Å². The molecule has 0 amide bonds. The molecule has 0 radical (unpaired) electrons. The molecule has 0 saturated heterocycles. The molecule has 1 aliphatic heterocycles. The van der Waals surface area contributed by atoms with Crippen LogP contribution in [-0.2, 0) is 0 Å². The summed E-state index contributed by atoms with van der Waals surface area (Å²) in [6.07, 6.45) is 0. The van der Waals surface area contributed by atoms with Crippen molar-refractivity contribution >= 4 is 38.5 Å². The molecule has 0 unspecified atom stereocenters. The minimum Gasteiger partial charge on any atom is -0.495 e. The number of anilines is 1. The zero-order valence-electron chi connectivity index (χ0n) is 10.1. The van der Waals surface area contributed by atoms with Crippen molar-refractivity contribution in [2.45, 2.75) is 19.4 Å². The van der Waals surface area contributed by atoms with E-state index in [-0.39, 0.29) is 5.54 Å². The molecular weight excluding hydrogens is 300 g/mol. The number of nitrogens with one attached hydrogen (secondary N) is 1. The van der Waals surface area contributed by atoms with Gasteiger partial charge in [0.25, 0.3) is 0 Å². The summed E-state index contributed by atoms with van der Waals surface area (Å²) in [6, 6.07) is 5.92. The molecule has 1 aromatic rings. The van der Waals surface area contributed by atoms with Gasteiger partial charge in [-0.2, -0.15) is 0 Å². The van der Waals surface area contributed by atoms with Crippen LogP contribution in [0.3, 0.4) is 0 Å². The average Bonchev–Trinajstić information content (AvgIpc) is 2.61. The van der Waals surface area contributed by atoms with E-state index >= 15 is 0 Å².